The van der Waals surface area contributed by atoms with Gasteiger partial charge < -0.3 is 10.2 Å². The average molecular weight is 263 g/mol. The molecule has 5 nitrogen and oxygen atoms in total. The zero-order chi connectivity index (χ0) is 12.7. The Balaban J connectivity index is 2.14. The average Bonchev–Trinajstić information content (AvgIpc) is 2.32. The summed E-state index contributed by atoms with van der Waals surface area (Å²) < 4.78 is 24.8. The van der Waals surface area contributed by atoms with Gasteiger partial charge in [0.2, 0.25) is 10.0 Å². The van der Waals surface area contributed by atoms with Crippen molar-refractivity contribution >= 4 is 10.0 Å². The number of sulfonamides is 1. The van der Waals surface area contributed by atoms with E-state index in [-0.39, 0.29) is 5.75 Å². The molecule has 0 aromatic rings. The lowest BCUT2D eigenvalue weighted by atomic mass is 10.1. The third kappa shape index (κ3) is 5.81. The highest BCUT2D eigenvalue weighted by Crippen LogP contribution is 2.10. The predicted molar refractivity (Wildman–Crippen MR) is 70.6 cm³/mol. The van der Waals surface area contributed by atoms with Crippen LogP contribution in [0.25, 0.3) is 0 Å². The minimum Gasteiger partial charge on any atom is -0.313 e. The van der Waals surface area contributed by atoms with Gasteiger partial charge in [-0.3, -0.25) is 0 Å². The fourth-order valence-corrected chi connectivity index (χ4v) is 2.77. The molecule has 0 aromatic heterocycles. The van der Waals surface area contributed by atoms with Crippen LogP contribution in [0.5, 0.6) is 0 Å². The highest BCUT2D eigenvalue weighted by Gasteiger charge is 2.18. The van der Waals surface area contributed by atoms with E-state index >= 15 is 0 Å². The van der Waals surface area contributed by atoms with Crippen molar-refractivity contribution in [2.75, 3.05) is 39.0 Å². The molecular formula is C11H25N3O2S. The largest absolute Gasteiger partial charge is 0.313 e. The Morgan fingerprint density at radius 2 is 1.94 bits per heavy atom. The Morgan fingerprint density at radius 3 is 2.47 bits per heavy atom. The molecule has 1 fully saturated rings. The number of rotatable bonds is 7. The molecule has 102 valence electrons. The van der Waals surface area contributed by atoms with Gasteiger partial charge in [-0.15, -0.1) is 0 Å². The van der Waals surface area contributed by atoms with Crippen LogP contribution in [-0.2, 0) is 10.0 Å². The highest BCUT2D eigenvalue weighted by atomic mass is 32.2. The van der Waals surface area contributed by atoms with Crippen molar-refractivity contribution in [3.63, 3.8) is 0 Å². The molecule has 1 aliphatic rings. The number of likely N-dealkylation sites (tertiary alicyclic amines) is 1. The first-order valence-corrected chi connectivity index (χ1v) is 8.09. The topological polar surface area (TPSA) is 61.4 Å². The van der Waals surface area contributed by atoms with Gasteiger partial charge in [0.25, 0.3) is 0 Å². The van der Waals surface area contributed by atoms with Crippen molar-refractivity contribution in [1.29, 1.82) is 0 Å². The SMILES string of the molecule is CCCN1CCC(NCCS(=O)(=O)NC)CC1. The lowest BCUT2D eigenvalue weighted by Crippen LogP contribution is -2.44. The molecule has 1 heterocycles. The third-order valence-electron chi connectivity index (χ3n) is 3.24. The van der Waals surface area contributed by atoms with Gasteiger partial charge in [0, 0.05) is 12.6 Å². The second-order valence-electron chi connectivity index (χ2n) is 4.59. The Morgan fingerprint density at radius 1 is 1.29 bits per heavy atom. The maximum Gasteiger partial charge on any atom is 0.212 e. The molecule has 0 atom stereocenters. The number of nitrogens with one attached hydrogen (secondary N) is 2. The smallest absolute Gasteiger partial charge is 0.212 e. The maximum atomic E-state index is 11.2. The van der Waals surface area contributed by atoms with Crippen LogP contribution in [0.15, 0.2) is 0 Å². The molecule has 6 heteroatoms. The molecule has 2 N–H and O–H groups in total. The first kappa shape index (κ1) is 14.9. The van der Waals surface area contributed by atoms with Crippen LogP contribution in [-0.4, -0.2) is 58.3 Å². The third-order valence-corrected chi connectivity index (χ3v) is 4.61. The van der Waals surface area contributed by atoms with Crippen LogP contribution >= 0.6 is 0 Å². The first-order valence-electron chi connectivity index (χ1n) is 6.44. The molecule has 0 amide bonds. The van der Waals surface area contributed by atoms with Crippen LogP contribution in [0.3, 0.4) is 0 Å². The van der Waals surface area contributed by atoms with E-state index < -0.39 is 10.0 Å². The summed E-state index contributed by atoms with van der Waals surface area (Å²) in [6.45, 7) is 6.18. The molecule has 0 spiro atoms. The van der Waals surface area contributed by atoms with Crippen molar-refractivity contribution in [2.45, 2.75) is 32.2 Å². The molecule has 1 rings (SSSR count). The van der Waals surface area contributed by atoms with E-state index in [4.69, 9.17) is 0 Å². The van der Waals surface area contributed by atoms with Crippen LogP contribution in [0.4, 0.5) is 0 Å². The molecule has 1 saturated heterocycles. The Bertz CT molecular complexity index is 298. The number of nitrogens with zero attached hydrogens (tertiary/aromatic N) is 1. The van der Waals surface area contributed by atoms with Gasteiger partial charge in [-0.1, -0.05) is 6.92 Å². The van der Waals surface area contributed by atoms with Gasteiger partial charge in [-0.05, 0) is 45.9 Å². The maximum absolute atomic E-state index is 11.2. The van der Waals surface area contributed by atoms with E-state index in [1.165, 1.54) is 20.0 Å². The van der Waals surface area contributed by atoms with Crippen molar-refractivity contribution in [3.8, 4) is 0 Å². The molecule has 0 radical (unpaired) electrons. The quantitative estimate of drug-likeness (QED) is 0.679. The summed E-state index contributed by atoms with van der Waals surface area (Å²) in [7, 11) is -1.61. The zero-order valence-electron chi connectivity index (χ0n) is 10.9. The minimum atomic E-state index is -3.06. The van der Waals surface area contributed by atoms with Gasteiger partial charge in [0.1, 0.15) is 0 Å². The van der Waals surface area contributed by atoms with E-state index in [0.29, 0.717) is 12.6 Å². The van der Waals surface area contributed by atoms with E-state index in [1.807, 2.05) is 0 Å². The fraction of sp³-hybridized carbons (Fsp3) is 1.00. The standard InChI is InChI=1S/C11H25N3O2S/c1-3-7-14-8-4-11(5-9-14)13-6-10-17(15,16)12-2/h11-13H,3-10H2,1-2H3. The van der Waals surface area contributed by atoms with Gasteiger partial charge in [0.05, 0.1) is 5.75 Å². The number of hydrogen-bond acceptors (Lipinski definition) is 4. The van der Waals surface area contributed by atoms with Gasteiger partial charge in [0.15, 0.2) is 0 Å². The minimum absolute atomic E-state index is 0.165. The van der Waals surface area contributed by atoms with Crippen molar-refractivity contribution in [1.82, 2.24) is 14.9 Å². The normalized spacial score (nSPS) is 19.6. The molecule has 1 aliphatic heterocycles. The highest BCUT2D eigenvalue weighted by molar-refractivity contribution is 7.89. The Labute approximate surface area is 105 Å². The summed E-state index contributed by atoms with van der Waals surface area (Å²) >= 11 is 0. The van der Waals surface area contributed by atoms with E-state index in [0.717, 1.165) is 25.9 Å². The van der Waals surface area contributed by atoms with Crippen molar-refractivity contribution in [2.24, 2.45) is 0 Å². The second-order valence-corrected chi connectivity index (χ2v) is 6.64. The van der Waals surface area contributed by atoms with Crippen LogP contribution in [0.1, 0.15) is 26.2 Å². The van der Waals surface area contributed by atoms with Crippen molar-refractivity contribution < 1.29 is 8.42 Å². The summed E-state index contributed by atoms with van der Waals surface area (Å²) in [5, 5.41) is 3.33. The van der Waals surface area contributed by atoms with E-state index in [2.05, 4.69) is 21.9 Å². The van der Waals surface area contributed by atoms with Crippen LogP contribution in [0.2, 0.25) is 0 Å². The van der Waals surface area contributed by atoms with Crippen molar-refractivity contribution in [3.05, 3.63) is 0 Å². The molecule has 0 saturated carbocycles. The van der Waals surface area contributed by atoms with Crippen LogP contribution < -0.4 is 10.0 Å². The monoisotopic (exact) mass is 263 g/mol. The Kier molecular flexibility index (Phi) is 6.40. The number of hydrogen-bond donors (Lipinski definition) is 2. The number of piperidine rings is 1. The lowest BCUT2D eigenvalue weighted by molar-refractivity contribution is 0.199. The first-order chi connectivity index (χ1) is 8.07. The van der Waals surface area contributed by atoms with Gasteiger partial charge in [-0.25, -0.2) is 13.1 Å². The molecular weight excluding hydrogens is 238 g/mol. The molecule has 17 heavy (non-hydrogen) atoms. The molecule has 0 aliphatic carbocycles. The van der Waals surface area contributed by atoms with Gasteiger partial charge >= 0.3 is 0 Å². The van der Waals surface area contributed by atoms with E-state index in [1.54, 1.807) is 0 Å². The Hall–Kier alpha value is -0.170. The van der Waals surface area contributed by atoms with Gasteiger partial charge in [-0.2, -0.15) is 0 Å². The summed E-state index contributed by atoms with van der Waals surface area (Å²) in [6, 6.07) is 0.482. The lowest BCUT2D eigenvalue weighted by Gasteiger charge is -2.32. The summed E-state index contributed by atoms with van der Waals surface area (Å²) in [5.74, 6) is 0.165. The van der Waals surface area contributed by atoms with Crippen LogP contribution in [0, 0.1) is 0 Å². The summed E-state index contributed by atoms with van der Waals surface area (Å²) in [4.78, 5) is 2.47. The van der Waals surface area contributed by atoms with E-state index in [9.17, 15) is 8.42 Å². The second kappa shape index (κ2) is 7.31. The molecule has 0 aromatic carbocycles. The molecule has 0 bridgehead atoms. The zero-order valence-corrected chi connectivity index (χ0v) is 11.7. The predicted octanol–water partition coefficient (Wildman–Crippen LogP) is -0.000400. The summed E-state index contributed by atoms with van der Waals surface area (Å²) in [6.07, 6.45) is 3.46. The summed E-state index contributed by atoms with van der Waals surface area (Å²) in [5.41, 5.74) is 0. The molecule has 0 unspecified atom stereocenters. The fourth-order valence-electron chi connectivity index (χ4n) is 2.18.